The second-order valence-corrected chi connectivity index (χ2v) is 4.76. The van der Waals surface area contributed by atoms with Gasteiger partial charge < -0.3 is 9.84 Å². The quantitative estimate of drug-likeness (QED) is 0.871. The Morgan fingerprint density at radius 1 is 1.14 bits per heavy atom. The summed E-state index contributed by atoms with van der Waals surface area (Å²) >= 11 is 5.82. The molecule has 21 heavy (non-hydrogen) atoms. The zero-order valence-electron chi connectivity index (χ0n) is 11.3. The molecule has 2 aromatic rings. The molecule has 4 heteroatoms. The van der Waals surface area contributed by atoms with E-state index in [9.17, 15) is 4.39 Å². The van der Waals surface area contributed by atoms with Crippen LogP contribution in [0.3, 0.4) is 0 Å². The summed E-state index contributed by atoms with van der Waals surface area (Å²) in [4.78, 5) is 0. The first-order chi connectivity index (χ1) is 10.2. The molecule has 0 aromatic heterocycles. The van der Waals surface area contributed by atoms with Crippen LogP contribution in [0.25, 0.3) is 0 Å². The molecule has 0 saturated carbocycles. The Labute approximate surface area is 128 Å². The minimum atomic E-state index is -0.342. The number of rotatable bonds is 4. The molecule has 0 aliphatic heterocycles. The zero-order chi connectivity index (χ0) is 15.1. The summed E-state index contributed by atoms with van der Waals surface area (Å²) in [5.41, 5.74) is 1.25. The van der Waals surface area contributed by atoms with Crippen LogP contribution in [0.4, 0.5) is 4.39 Å². The first-order valence-electron chi connectivity index (χ1n) is 6.45. The Morgan fingerprint density at radius 3 is 2.62 bits per heavy atom. The van der Waals surface area contributed by atoms with Crippen LogP contribution in [0.1, 0.15) is 17.5 Å². The molecule has 108 valence electrons. The number of hydrogen-bond donors (Lipinski definition) is 1. The van der Waals surface area contributed by atoms with Crippen LogP contribution in [0, 0.1) is 17.7 Å². The molecule has 0 aliphatic rings. The molecule has 0 bridgehead atoms. The molecular weight excluding hydrogens is 291 g/mol. The minimum Gasteiger partial charge on any atom is -0.489 e. The van der Waals surface area contributed by atoms with Gasteiger partial charge in [-0.15, -0.1) is 0 Å². The third kappa shape index (κ3) is 4.78. The Balaban J connectivity index is 1.98. The normalized spacial score (nSPS) is 9.86. The zero-order valence-corrected chi connectivity index (χ0v) is 12.0. The van der Waals surface area contributed by atoms with Crippen LogP contribution < -0.4 is 4.74 Å². The van der Waals surface area contributed by atoms with Crippen LogP contribution in [0.5, 0.6) is 5.75 Å². The standard InChI is InChI=1S/C17H14ClFO2/c18-15-6-9-17(19)14(11-15)12-21-16-7-4-13(5-8-16)3-1-2-10-20/h4-9,11,20H,2,10,12H2. The summed E-state index contributed by atoms with van der Waals surface area (Å²) in [6, 6.07) is 11.5. The third-order valence-electron chi connectivity index (χ3n) is 2.73. The van der Waals surface area contributed by atoms with Crippen molar-refractivity contribution in [2.24, 2.45) is 0 Å². The number of hydrogen-bond acceptors (Lipinski definition) is 2. The average Bonchev–Trinajstić information content (AvgIpc) is 2.50. The fourth-order valence-corrected chi connectivity index (χ4v) is 1.86. The Morgan fingerprint density at radius 2 is 1.90 bits per heavy atom. The lowest BCUT2D eigenvalue weighted by atomic mass is 10.2. The molecule has 0 atom stereocenters. The van der Waals surface area contributed by atoms with Gasteiger partial charge in [-0.2, -0.15) is 0 Å². The van der Waals surface area contributed by atoms with Crippen molar-refractivity contribution < 1.29 is 14.2 Å². The SMILES string of the molecule is OCCC#Cc1ccc(OCc2cc(Cl)ccc2F)cc1. The highest BCUT2D eigenvalue weighted by Crippen LogP contribution is 2.18. The number of benzene rings is 2. The summed E-state index contributed by atoms with van der Waals surface area (Å²) in [6.45, 7) is 0.168. The van der Waals surface area contributed by atoms with E-state index in [-0.39, 0.29) is 19.0 Å². The second kappa shape index (κ2) is 7.68. The summed E-state index contributed by atoms with van der Waals surface area (Å²) in [5.74, 6) is 6.04. The van der Waals surface area contributed by atoms with E-state index in [1.54, 1.807) is 18.2 Å². The number of aliphatic hydroxyl groups is 1. The topological polar surface area (TPSA) is 29.5 Å². The van der Waals surface area contributed by atoms with E-state index in [1.165, 1.54) is 12.1 Å². The van der Waals surface area contributed by atoms with Gasteiger partial charge >= 0.3 is 0 Å². The Kier molecular flexibility index (Phi) is 5.62. The lowest BCUT2D eigenvalue weighted by molar-refractivity contribution is 0.300. The van der Waals surface area contributed by atoms with Crippen LogP contribution in [-0.2, 0) is 6.61 Å². The van der Waals surface area contributed by atoms with Crippen LogP contribution in [0.2, 0.25) is 5.02 Å². The summed E-state index contributed by atoms with van der Waals surface area (Å²) in [6.07, 6.45) is 0.451. The number of ether oxygens (including phenoxy) is 1. The van der Waals surface area contributed by atoms with E-state index in [4.69, 9.17) is 21.4 Å². The van der Waals surface area contributed by atoms with Crippen molar-refractivity contribution in [3.63, 3.8) is 0 Å². The maximum atomic E-state index is 13.5. The fourth-order valence-electron chi connectivity index (χ4n) is 1.67. The highest BCUT2D eigenvalue weighted by molar-refractivity contribution is 6.30. The van der Waals surface area contributed by atoms with Crippen molar-refractivity contribution in [3.05, 3.63) is 64.4 Å². The van der Waals surface area contributed by atoms with Crippen LogP contribution in [-0.4, -0.2) is 11.7 Å². The van der Waals surface area contributed by atoms with Gasteiger partial charge in [0, 0.05) is 22.6 Å². The molecule has 0 heterocycles. The van der Waals surface area contributed by atoms with E-state index in [0.717, 1.165) is 5.56 Å². The fraction of sp³-hybridized carbons (Fsp3) is 0.176. The third-order valence-corrected chi connectivity index (χ3v) is 2.96. The number of aliphatic hydroxyl groups excluding tert-OH is 1. The molecule has 0 fully saturated rings. The van der Waals surface area contributed by atoms with E-state index < -0.39 is 0 Å². The summed E-state index contributed by atoms with van der Waals surface area (Å²) in [5, 5.41) is 9.12. The van der Waals surface area contributed by atoms with Gasteiger partial charge in [0.15, 0.2) is 0 Å². The van der Waals surface area contributed by atoms with Gasteiger partial charge in [-0.1, -0.05) is 23.4 Å². The largest absolute Gasteiger partial charge is 0.489 e. The van der Waals surface area contributed by atoms with Gasteiger partial charge in [0.2, 0.25) is 0 Å². The van der Waals surface area contributed by atoms with E-state index in [2.05, 4.69) is 11.8 Å². The summed E-state index contributed by atoms with van der Waals surface area (Å²) < 4.78 is 19.1. The maximum absolute atomic E-state index is 13.5. The molecular formula is C17H14ClFO2. The first kappa shape index (κ1) is 15.4. The predicted molar refractivity (Wildman–Crippen MR) is 80.8 cm³/mol. The van der Waals surface area contributed by atoms with Gasteiger partial charge in [0.05, 0.1) is 6.61 Å². The molecule has 1 N–H and O–H groups in total. The summed E-state index contributed by atoms with van der Waals surface area (Å²) in [7, 11) is 0. The van der Waals surface area contributed by atoms with Gasteiger partial charge in [0.1, 0.15) is 18.2 Å². The van der Waals surface area contributed by atoms with Crippen molar-refractivity contribution in [3.8, 4) is 17.6 Å². The Hall–Kier alpha value is -2.02. The van der Waals surface area contributed by atoms with Crippen molar-refractivity contribution >= 4 is 11.6 Å². The van der Waals surface area contributed by atoms with Gasteiger partial charge in [-0.25, -0.2) is 4.39 Å². The highest BCUT2D eigenvalue weighted by atomic mass is 35.5. The van der Waals surface area contributed by atoms with Crippen molar-refractivity contribution in [1.82, 2.24) is 0 Å². The van der Waals surface area contributed by atoms with Crippen LogP contribution >= 0.6 is 11.6 Å². The molecule has 0 amide bonds. The predicted octanol–water partition coefficient (Wildman–Crippen LogP) is 3.79. The van der Waals surface area contributed by atoms with Crippen molar-refractivity contribution in [2.75, 3.05) is 6.61 Å². The van der Waals surface area contributed by atoms with Gasteiger partial charge in [-0.3, -0.25) is 0 Å². The molecule has 0 spiro atoms. The average molecular weight is 305 g/mol. The lowest BCUT2D eigenvalue weighted by Crippen LogP contribution is -1.98. The Bertz CT molecular complexity index is 657. The molecule has 2 nitrogen and oxygen atoms in total. The van der Waals surface area contributed by atoms with Crippen molar-refractivity contribution in [1.29, 1.82) is 0 Å². The van der Waals surface area contributed by atoms with Crippen molar-refractivity contribution in [2.45, 2.75) is 13.0 Å². The molecule has 2 aromatic carbocycles. The van der Waals surface area contributed by atoms with Gasteiger partial charge in [-0.05, 0) is 42.5 Å². The van der Waals surface area contributed by atoms with Gasteiger partial charge in [0.25, 0.3) is 0 Å². The monoisotopic (exact) mass is 304 g/mol. The molecule has 0 radical (unpaired) electrons. The molecule has 2 rings (SSSR count). The number of halogens is 2. The molecule has 0 unspecified atom stereocenters. The van der Waals surface area contributed by atoms with E-state index in [1.807, 2.05) is 12.1 Å². The smallest absolute Gasteiger partial charge is 0.129 e. The lowest BCUT2D eigenvalue weighted by Gasteiger charge is -2.07. The molecule has 0 aliphatic carbocycles. The first-order valence-corrected chi connectivity index (χ1v) is 6.83. The minimum absolute atomic E-state index is 0.0550. The van der Waals surface area contributed by atoms with E-state index in [0.29, 0.717) is 22.8 Å². The van der Waals surface area contributed by atoms with E-state index >= 15 is 0 Å². The highest BCUT2D eigenvalue weighted by Gasteiger charge is 2.04. The second-order valence-electron chi connectivity index (χ2n) is 4.32. The molecule has 0 saturated heterocycles. The maximum Gasteiger partial charge on any atom is 0.129 e. The van der Waals surface area contributed by atoms with Crippen LogP contribution in [0.15, 0.2) is 42.5 Å².